The topological polar surface area (TPSA) is 40.9 Å². The first kappa shape index (κ1) is 17.7. The number of rotatable bonds is 0. The number of nitroso groups, excluding NO2 is 1. The van der Waals surface area contributed by atoms with Crippen LogP contribution in [-0.4, -0.2) is 0 Å². The van der Waals surface area contributed by atoms with Crippen LogP contribution in [0.3, 0.4) is 0 Å². The van der Waals surface area contributed by atoms with Gasteiger partial charge in [-0.15, -0.1) is 0 Å². The molecular formula is HLaNNbO. The molecule has 20 valence electrons. The van der Waals surface area contributed by atoms with E-state index in [1.165, 1.54) is 0 Å². The Hall–Kier alpha value is 1.54. The molecule has 2 radical (unpaired) electrons. The van der Waals surface area contributed by atoms with Crippen LogP contribution in [0.5, 0.6) is 0 Å². The summed E-state index contributed by atoms with van der Waals surface area (Å²) in [5.74, 6) is 0. The van der Waals surface area contributed by atoms with E-state index in [1.54, 1.807) is 0 Å². The van der Waals surface area contributed by atoms with E-state index in [9.17, 15) is 0 Å². The second kappa shape index (κ2) is 24.1. The molecule has 0 aromatic carbocycles. The van der Waals surface area contributed by atoms with Gasteiger partial charge in [0.05, 0.1) is 0 Å². The quantitative estimate of drug-likeness (QED) is 0.496. The van der Waals surface area contributed by atoms with Crippen LogP contribution < -0.4 is 0 Å². The second-order valence-corrected chi connectivity index (χ2v) is 0. The summed E-state index contributed by atoms with van der Waals surface area (Å²) in [5.41, 5.74) is 4.50. The molecule has 0 spiro atoms. The van der Waals surface area contributed by atoms with Crippen molar-refractivity contribution in [2.45, 2.75) is 0 Å². The van der Waals surface area contributed by atoms with Crippen LogP contribution in [-0.2, 0) is 22.4 Å². The zero-order chi connectivity index (χ0) is 2.00. The minimum absolute atomic E-state index is 0. The van der Waals surface area contributed by atoms with Gasteiger partial charge in [0.25, 0.3) is 0 Å². The maximum absolute atomic E-state index is 7.50. The maximum atomic E-state index is 7.50. The molecule has 0 saturated heterocycles. The fourth-order valence-corrected chi connectivity index (χ4v) is 0. The van der Waals surface area contributed by atoms with Gasteiger partial charge in [-0.3, -0.25) is 0 Å². The summed E-state index contributed by atoms with van der Waals surface area (Å²) in [6.45, 7) is 0. The monoisotopic (exact) mass is 263 g/mol. The van der Waals surface area contributed by atoms with E-state index in [-0.39, 0.29) is 58.0 Å². The van der Waals surface area contributed by atoms with Crippen molar-refractivity contribution in [2.24, 2.45) is 0 Å². The van der Waals surface area contributed by atoms with Crippen molar-refractivity contribution < 1.29 is 58.0 Å². The van der Waals surface area contributed by atoms with Gasteiger partial charge < -0.3 is 0 Å². The normalized spacial score (nSPS) is 1.00. The van der Waals surface area contributed by atoms with Crippen molar-refractivity contribution in [3.63, 3.8) is 0 Å². The van der Waals surface area contributed by atoms with Crippen LogP contribution in [0.4, 0.5) is 0 Å². The minimum Gasteiger partial charge on any atom is -0.154 e. The molecule has 0 aliphatic heterocycles. The van der Waals surface area contributed by atoms with E-state index < -0.39 is 0 Å². The fraction of sp³-hybridized carbons (Fsp3) is 0. The predicted octanol–water partition coefficient (Wildman–Crippen LogP) is 0.329. The summed E-state index contributed by atoms with van der Waals surface area (Å²) in [5, 5.41) is 0. The standard InChI is InChI=1S/La.HNO.Nb/c;1-2;/h;1H;. The molecule has 0 rings (SSSR count). The third kappa shape index (κ3) is 9.64. The molecule has 0 amide bonds. The first-order valence-electron chi connectivity index (χ1n) is 0.204. The molecule has 0 aromatic rings. The van der Waals surface area contributed by atoms with Crippen molar-refractivity contribution >= 4 is 0 Å². The Morgan fingerprint density at radius 2 is 1.25 bits per heavy atom. The smallest absolute Gasteiger partial charge is 0 e. The third-order valence-corrected chi connectivity index (χ3v) is 0. The summed E-state index contributed by atoms with van der Waals surface area (Å²) < 4.78 is 0. The van der Waals surface area contributed by atoms with Gasteiger partial charge in [0.1, 0.15) is 0 Å². The minimum atomic E-state index is 0. The van der Waals surface area contributed by atoms with Crippen LogP contribution >= 0.6 is 0 Å². The molecule has 0 heterocycles. The average Bonchev–Trinajstić information content (AvgIpc) is 1.00. The van der Waals surface area contributed by atoms with Crippen molar-refractivity contribution in [3.8, 4) is 0 Å². The molecule has 0 unspecified atom stereocenters. The van der Waals surface area contributed by atoms with Gasteiger partial charge in [0, 0.05) is 58.0 Å². The zero-order valence-electron chi connectivity index (χ0n) is 1.93. The summed E-state index contributed by atoms with van der Waals surface area (Å²) >= 11 is 0. The van der Waals surface area contributed by atoms with Crippen LogP contribution in [0.15, 0.2) is 0 Å². The van der Waals surface area contributed by atoms with Gasteiger partial charge in [0.15, 0.2) is 0 Å². The Labute approximate surface area is 67.6 Å². The van der Waals surface area contributed by atoms with Crippen molar-refractivity contribution in [3.05, 3.63) is 4.91 Å². The van der Waals surface area contributed by atoms with Crippen LogP contribution in [0.2, 0.25) is 0 Å². The first-order valence-corrected chi connectivity index (χ1v) is 0.204. The first-order chi connectivity index (χ1) is 1.00. The Kier molecular flexibility index (Phi) is 107. The SMILES string of the molecule is N=O.[La].[Nb]. The second-order valence-electron chi connectivity index (χ2n) is 0. The van der Waals surface area contributed by atoms with Crippen molar-refractivity contribution in [1.82, 2.24) is 0 Å². The molecular weight excluding hydrogens is 262 g/mol. The van der Waals surface area contributed by atoms with Crippen molar-refractivity contribution in [2.75, 3.05) is 0 Å². The van der Waals surface area contributed by atoms with E-state index in [0.717, 1.165) is 0 Å². The molecule has 0 atom stereocenters. The molecule has 0 aliphatic carbocycles. The van der Waals surface area contributed by atoms with E-state index in [2.05, 4.69) is 5.59 Å². The summed E-state index contributed by atoms with van der Waals surface area (Å²) in [7, 11) is 0. The molecule has 0 bridgehead atoms. The van der Waals surface area contributed by atoms with Crippen LogP contribution in [0.25, 0.3) is 0 Å². The molecule has 1 N–H and O–H groups in total. The average molecular weight is 263 g/mol. The van der Waals surface area contributed by atoms with Gasteiger partial charge in [-0.25, -0.2) is 0 Å². The molecule has 0 aliphatic rings. The van der Waals surface area contributed by atoms with E-state index in [0.29, 0.717) is 0 Å². The van der Waals surface area contributed by atoms with Gasteiger partial charge >= 0.3 is 0 Å². The molecule has 0 aromatic heterocycles. The van der Waals surface area contributed by atoms with Crippen molar-refractivity contribution in [1.29, 1.82) is 5.59 Å². The van der Waals surface area contributed by atoms with E-state index in [1.807, 2.05) is 0 Å². The van der Waals surface area contributed by atoms with Gasteiger partial charge in [-0.05, 0) is 0 Å². The Morgan fingerprint density at radius 3 is 1.25 bits per heavy atom. The largest absolute Gasteiger partial charge is 0.154 e. The number of nitrogens with one attached hydrogen (secondary N) is 1. The summed E-state index contributed by atoms with van der Waals surface area (Å²) in [6.07, 6.45) is 0. The van der Waals surface area contributed by atoms with E-state index in [4.69, 9.17) is 4.91 Å². The Bertz CT molecular complexity index is 8.00. The summed E-state index contributed by atoms with van der Waals surface area (Å²) in [6, 6.07) is 0. The zero-order valence-corrected chi connectivity index (χ0v) is 7.76. The van der Waals surface area contributed by atoms with Gasteiger partial charge in [-0.2, -0.15) is 4.91 Å². The maximum Gasteiger partial charge on any atom is 0 e. The molecule has 4 heavy (non-hydrogen) atoms. The number of hydrogen-bond donors (Lipinski definition) is 1. The van der Waals surface area contributed by atoms with Gasteiger partial charge in [-0.1, -0.05) is 5.59 Å². The Balaban J connectivity index is -0.00000000500. The molecule has 4 heteroatoms. The third-order valence-electron chi connectivity index (χ3n) is 0. The summed E-state index contributed by atoms with van der Waals surface area (Å²) in [4.78, 5) is 7.50. The number of hydrogen-bond acceptors (Lipinski definition) is 2. The van der Waals surface area contributed by atoms with Crippen LogP contribution in [0.1, 0.15) is 0 Å². The molecule has 0 fully saturated rings. The van der Waals surface area contributed by atoms with Crippen LogP contribution in [0, 0.1) is 46.1 Å². The van der Waals surface area contributed by atoms with Gasteiger partial charge in [0.2, 0.25) is 0 Å². The molecule has 2 nitrogen and oxygen atoms in total. The predicted molar refractivity (Wildman–Crippen MR) is 6.09 cm³/mol. The van der Waals surface area contributed by atoms with E-state index >= 15 is 0 Å². The fourth-order valence-electron chi connectivity index (χ4n) is 0. The molecule has 0 saturated carbocycles. The Morgan fingerprint density at radius 1 is 1.25 bits per heavy atom.